The molecule has 0 aliphatic heterocycles. The van der Waals surface area contributed by atoms with Gasteiger partial charge in [0.2, 0.25) is 0 Å². The molecule has 0 aromatic carbocycles. The van der Waals surface area contributed by atoms with Crippen LogP contribution in [0.4, 0.5) is 5.82 Å². The zero-order valence-electron chi connectivity index (χ0n) is 11.5. The van der Waals surface area contributed by atoms with Crippen LogP contribution in [0, 0.1) is 13.8 Å². The van der Waals surface area contributed by atoms with E-state index in [9.17, 15) is 0 Å². The number of pyridine rings is 1. The zero-order valence-corrected chi connectivity index (χ0v) is 12.3. The van der Waals surface area contributed by atoms with Crippen LogP contribution in [0.1, 0.15) is 44.0 Å². The minimum atomic E-state index is 0.496. The highest BCUT2D eigenvalue weighted by molar-refractivity contribution is 6.17. The maximum absolute atomic E-state index is 6.07. The molecular weight excluding hydrogens is 232 g/mol. The van der Waals surface area contributed by atoms with Crippen LogP contribution in [0.25, 0.3) is 0 Å². The quantitative estimate of drug-likeness (QED) is 0.737. The monoisotopic (exact) mass is 254 g/mol. The Kier molecular flexibility index (Phi) is 5.26. The van der Waals surface area contributed by atoms with E-state index in [1.807, 2.05) is 6.92 Å². The van der Waals surface area contributed by atoms with Gasteiger partial charge < -0.3 is 4.90 Å². The van der Waals surface area contributed by atoms with Crippen LogP contribution < -0.4 is 4.90 Å². The van der Waals surface area contributed by atoms with Crippen molar-refractivity contribution < 1.29 is 0 Å². The van der Waals surface area contributed by atoms with Crippen molar-refractivity contribution in [1.29, 1.82) is 0 Å². The summed E-state index contributed by atoms with van der Waals surface area (Å²) in [6.07, 6.45) is 1.12. The first-order valence-electron chi connectivity index (χ1n) is 6.34. The fourth-order valence-electron chi connectivity index (χ4n) is 2.14. The summed E-state index contributed by atoms with van der Waals surface area (Å²) < 4.78 is 0. The molecule has 1 rings (SSSR count). The SMILES string of the molecule is CCC(C)N(CC)c1nc(C)cc(C)c1CCl. The highest BCUT2D eigenvalue weighted by Crippen LogP contribution is 2.26. The molecule has 0 saturated carbocycles. The van der Waals surface area contributed by atoms with E-state index in [4.69, 9.17) is 11.6 Å². The van der Waals surface area contributed by atoms with E-state index in [0.717, 1.165) is 24.5 Å². The van der Waals surface area contributed by atoms with Gasteiger partial charge in [-0.2, -0.15) is 0 Å². The summed E-state index contributed by atoms with van der Waals surface area (Å²) in [5.41, 5.74) is 3.47. The highest BCUT2D eigenvalue weighted by Gasteiger charge is 2.17. The summed E-state index contributed by atoms with van der Waals surface area (Å²) in [5, 5.41) is 0. The van der Waals surface area contributed by atoms with Crippen LogP contribution >= 0.6 is 11.6 Å². The Balaban J connectivity index is 3.26. The number of hydrogen-bond acceptors (Lipinski definition) is 2. The summed E-state index contributed by atoms with van der Waals surface area (Å²) in [5.74, 6) is 1.59. The minimum Gasteiger partial charge on any atom is -0.354 e. The second-order valence-corrected chi connectivity index (χ2v) is 4.83. The van der Waals surface area contributed by atoms with E-state index in [2.05, 4.69) is 43.6 Å². The van der Waals surface area contributed by atoms with Crippen molar-refractivity contribution in [2.24, 2.45) is 0 Å². The third-order valence-corrected chi connectivity index (χ3v) is 3.59. The molecule has 1 atom stereocenters. The van der Waals surface area contributed by atoms with Gasteiger partial charge in [-0.1, -0.05) is 6.92 Å². The molecule has 0 aliphatic carbocycles. The number of alkyl halides is 1. The zero-order chi connectivity index (χ0) is 13.0. The normalized spacial score (nSPS) is 12.6. The van der Waals surface area contributed by atoms with Crippen LogP contribution in [0.3, 0.4) is 0 Å². The van der Waals surface area contributed by atoms with Crippen LogP contribution in [-0.4, -0.2) is 17.6 Å². The molecule has 0 aliphatic rings. The molecule has 96 valence electrons. The fraction of sp³-hybridized carbons (Fsp3) is 0.643. The van der Waals surface area contributed by atoms with Crippen molar-refractivity contribution in [2.45, 2.75) is 53.0 Å². The van der Waals surface area contributed by atoms with Gasteiger partial charge in [-0.15, -0.1) is 11.6 Å². The molecular formula is C14H23ClN2. The van der Waals surface area contributed by atoms with E-state index >= 15 is 0 Å². The topological polar surface area (TPSA) is 16.1 Å². The molecule has 3 heteroatoms. The second-order valence-electron chi connectivity index (χ2n) is 4.56. The van der Waals surface area contributed by atoms with E-state index in [1.54, 1.807) is 0 Å². The molecule has 0 bridgehead atoms. The molecule has 1 unspecified atom stereocenters. The maximum Gasteiger partial charge on any atom is 0.133 e. The number of nitrogens with zero attached hydrogens (tertiary/aromatic N) is 2. The standard InChI is InChI=1S/C14H23ClN2/c1-6-12(5)17(7-2)14-13(9-15)10(3)8-11(4)16-14/h8,12H,6-7,9H2,1-5H3. The third kappa shape index (κ3) is 3.12. The number of hydrogen-bond donors (Lipinski definition) is 0. The number of halogens is 1. The van der Waals surface area contributed by atoms with Gasteiger partial charge in [0, 0.05) is 23.8 Å². The van der Waals surface area contributed by atoms with Crippen LogP contribution in [0.15, 0.2) is 6.07 Å². The van der Waals surface area contributed by atoms with Crippen LogP contribution in [0.5, 0.6) is 0 Å². The molecule has 1 heterocycles. The lowest BCUT2D eigenvalue weighted by molar-refractivity contribution is 0.620. The number of anilines is 1. The van der Waals surface area contributed by atoms with E-state index in [0.29, 0.717) is 11.9 Å². The number of rotatable bonds is 5. The summed E-state index contributed by atoms with van der Waals surface area (Å²) in [7, 11) is 0. The molecule has 0 N–H and O–H groups in total. The van der Waals surface area contributed by atoms with Gasteiger partial charge in [-0.25, -0.2) is 4.98 Å². The molecule has 0 fully saturated rings. The van der Waals surface area contributed by atoms with E-state index in [-0.39, 0.29) is 0 Å². The molecule has 2 nitrogen and oxygen atoms in total. The second kappa shape index (κ2) is 6.25. The number of aryl methyl sites for hydroxylation is 2. The third-order valence-electron chi connectivity index (χ3n) is 3.32. The van der Waals surface area contributed by atoms with Crippen molar-refractivity contribution in [3.63, 3.8) is 0 Å². The molecule has 0 amide bonds. The number of aromatic nitrogens is 1. The van der Waals surface area contributed by atoms with Crippen molar-refractivity contribution in [2.75, 3.05) is 11.4 Å². The lowest BCUT2D eigenvalue weighted by atomic mass is 10.1. The lowest BCUT2D eigenvalue weighted by Gasteiger charge is -2.30. The van der Waals surface area contributed by atoms with Gasteiger partial charge in [0.1, 0.15) is 5.82 Å². The fourth-order valence-corrected chi connectivity index (χ4v) is 2.47. The predicted molar refractivity (Wildman–Crippen MR) is 76.0 cm³/mol. The largest absolute Gasteiger partial charge is 0.354 e. The first kappa shape index (κ1) is 14.3. The Bertz CT molecular complexity index is 377. The molecule has 17 heavy (non-hydrogen) atoms. The van der Waals surface area contributed by atoms with Crippen molar-refractivity contribution in [1.82, 2.24) is 4.98 Å². The van der Waals surface area contributed by atoms with Gasteiger partial charge in [-0.05, 0) is 45.7 Å². The van der Waals surface area contributed by atoms with Gasteiger partial charge in [0.25, 0.3) is 0 Å². The lowest BCUT2D eigenvalue weighted by Crippen LogP contribution is -2.34. The minimum absolute atomic E-state index is 0.496. The summed E-state index contributed by atoms with van der Waals surface area (Å²) >= 11 is 6.07. The predicted octanol–water partition coefficient (Wildman–Crippen LogP) is 4.06. The summed E-state index contributed by atoms with van der Waals surface area (Å²) in [4.78, 5) is 7.03. The smallest absolute Gasteiger partial charge is 0.133 e. The van der Waals surface area contributed by atoms with Gasteiger partial charge in [0.15, 0.2) is 0 Å². The van der Waals surface area contributed by atoms with Gasteiger partial charge in [-0.3, -0.25) is 0 Å². The van der Waals surface area contributed by atoms with E-state index in [1.165, 1.54) is 11.1 Å². The molecule has 1 aromatic rings. The summed E-state index contributed by atoms with van der Waals surface area (Å²) in [6, 6.07) is 2.60. The highest BCUT2D eigenvalue weighted by atomic mass is 35.5. The van der Waals surface area contributed by atoms with Gasteiger partial charge >= 0.3 is 0 Å². The Hall–Kier alpha value is -0.760. The molecule has 0 saturated heterocycles. The van der Waals surface area contributed by atoms with Crippen molar-refractivity contribution in [3.8, 4) is 0 Å². The Morgan fingerprint density at radius 2 is 2.00 bits per heavy atom. The average Bonchev–Trinajstić information content (AvgIpc) is 2.29. The van der Waals surface area contributed by atoms with Crippen molar-refractivity contribution in [3.05, 3.63) is 22.9 Å². The first-order valence-corrected chi connectivity index (χ1v) is 6.88. The Labute approximate surface area is 110 Å². The molecule has 1 aromatic heterocycles. The molecule has 0 radical (unpaired) electrons. The van der Waals surface area contributed by atoms with Crippen LogP contribution in [0.2, 0.25) is 0 Å². The Morgan fingerprint density at radius 1 is 1.35 bits per heavy atom. The molecule has 0 spiro atoms. The Morgan fingerprint density at radius 3 is 2.47 bits per heavy atom. The van der Waals surface area contributed by atoms with Gasteiger partial charge in [0.05, 0.1) is 5.88 Å². The average molecular weight is 255 g/mol. The first-order chi connectivity index (χ1) is 8.04. The van der Waals surface area contributed by atoms with E-state index < -0.39 is 0 Å². The van der Waals surface area contributed by atoms with Crippen LogP contribution in [-0.2, 0) is 5.88 Å². The maximum atomic E-state index is 6.07. The van der Waals surface area contributed by atoms with Crippen molar-refractivity contribution >= 4 is 17.4 Å². The summed E-state index contributed by atoms with van der Waals surface area (Å²) in [6.45, 7) is 11.7.